The van der Waals surface area contributed by atoms with Gasteiger partial charge in [-0.2, -0.15) is 11.8 Å². The van der Waals surface area contributed by atoms with Crippen molar-refractivity contribution in [3.8, 4) is 0 Å². The Morgan fingerprint density at radius 3 is 2.85 bits per heavy atom. The third-order valence-electron chi connectivity index (χ3n) is 2.47. The molecule has 0 aromatic carbocycles. The van der Waals surface area contributed by atoms with Crippen molar-refractivity contribution in [2.45, 2.75) is 32.4 Å². The molecule has 3 atom stereocenters. The van der Waals surface area contributed by atoms with Crippen molar-refractivity contribution in [2.75, 3.05) is 11.5 Å². The lowest BCUT2D eigenvalue weighted by Crippen LogP contribution is -2.47. The highest BCUT2D eigenvalue weighted by Gasteiger charge is 2.26. The van der Waals surface area contributed by atoms with E-state index in [-0.39, 0.29) is 11.9 Å². The molecule has 3 N–H and O–H groups in total. The Bertz CT molecular complexity index is 186. The molecule has 1 aliphatic rings. The fourth-order valence-electron chi connectivity index (χ4n) is 1.32. The van der Waals surface area contributed by atoms with E-state index in [1.807, 2.05) is 18.7 Å². The second-order valence-corrected chi connectivity index (χ2v) is 4.72. The van der Waals surface area contributed by atoms with Gasteiger partial charge in [-0.05, 0) is 18.1 Å². The van der Waals surface area contributed by atoms with Crippen molar-refractivity contribution in [3.63, 3.8) is 0 Å². The van der Waals surface area contributed by atoms with E-state index in [4.69, 9.17) is 5.73 Å². The highest BCUT2D eigenvalue weighted by atomic mass is 32.2. The van der Waals surface area contributed by atoms with Gasteiger partial charge in [0.15, 0.2) is 0 Å². The van der Waals surface area contributed by atoms with E-state index >= 15 is 0 Å². The SMILES string of the molecule is CCC(N)C(=O)NC1CSCC1C. The van der Waals surface area contributed by atoms with E-state index in [9.17, 15) is 4.79 Å². The minimum Gasteiger partial charge on any atom is -0.351 e. The number of thioether (sulfide) groups is 1. The summed E-state index contributed by atoms with van der Waals surface area (Å²) in [5.74, 6) is 2.76. The number of carbonyl (C=O) groups is 1. The van der Waals surface area contributed by atoms with Crippen LogP contribution in [0.3, 0.4) is 0 Å². The summed E-state index contributed by atoms with van der Waals surface area (Å²) in [6.07, 6.45) is 0.708. The molecule has 1 rings (SSSR count). The molecule has 1 fully saturated rings. The first kappa shape index (κ1) is 10.9. The minimum absolute atomic E-state index is 0.00171. The number of carbonyl (C=O) groups excluding carboxylic acids is 1. The largest absolute Gasteiger partial charge is 0.351 e. The number of rotatable bonds is 3. The van der Waals surface area contributed by atoms with Crippen LogP contribution in [0, 0.1) is 5.92 Å². The maximum Gasteiger partial charge on any atom is 0.237 e. The second-order valence-electron chi connectivity index (χ2n) is 3.64. The molecule has 0 spiro atoms. The standard InChI is InChI=1S/C9H18N2OS/c1-3-7(10)9(12)11-8-5-13-4-6(8)2/h6-8H,3-5,10H2,1-2H3,(H,11,12). The third-order valence-corrected chi connectivity index (χ3v) is 3.83. The smallest absolute Gasteiger partial charge is 0.237 e. The van der Waals surface area contributed by atoms with E-state index in [1.54, 1.807) is 0 Å². The molecule has 3 nitrogen and oxygen atoms in total. The molecule has 3 unspecified atom stereocenters. The molecule has 1 saturated heterocycles. The average molecular weight is 202 g/mol. The lowest BCUT2D eigenvalue weighted by Gasteiger charge is -2.18. The van der Waals surface area contributed by atoms with E-state index < -0.39 is 0 Å². The zero-order chi connectivity index (χ0) is 9.84. The van der Waals surface area contributed by atoms with Crippen LogP contribution in [0.5, 0.6) is 0 Å². The van der Waals surface area contributed by atoms with Gasteiger partial charge in [-0.25, -0.2) is 0 Å². The van der Waals surface area contributed by atoms with E-state index in [2.05, 4.69) is 12.2 Å². The molecule has 0 aromatic heterocycles. The van der Waals surface area contributed by atoms with Gasteiger partial charge in [0.05, 0.1) is 6.04 Å². The fourth-order valence-corrected chi connectivity index (χ4v) is 2.73. The number of hydrogen-bond donors (Lipinski definition) is 2. The number of hydrogen-bond acceptors (Lipinski definition) is 3. The minimum atomic E-state index is -0.335. The van der Waals surface area contributed by atoms with Gasteiger partial charge in [-0.3, -0.25) is 4.79 Å². The van der Waals surface area contributed by atoms with Crippen LogP contribution in [0.1, 0.15) is 20.3 Å². The summed E-state index contributed by atoms with van der Waals surface area (Å²) < 4.78 is 0. The van der Waals surface area contributed by atoms with Crippen molar-refractivity contribution in [2.24, 2.45) is 11.7 Å². The first-order valence-corrected chi connectivity index (χ1v) is 5.94. The maximum atomic E-state index is 11.4. The van der Waals surface area contributed by atoms with Gasteiger partial charge in [0.1, 0.15) is 0 Å². The Hall–Kier alpha value is -0.220. The topological polar surface area (TPSA) is 55.1 Å². The quantitative estimate of drug-likeness (QED) is 0.704. The molecule has 0 aliphatic carbocycles. The number of nitrogens with one attached hydrogen (secondary N) is 1. The van der Waals surface area contributed by atoms with Gasteiger partial charge in [0.25, 0.3) is 0 Å². The van der Waals surface area contributed by atoms with Crippen LogP contribution >= 0.6 is 11.8 Å². The van der Waals surface area contributed by atoms with Gasteiger partial charge in [-0.15, -0.1) is 0 Å². The highest BCUT2D eigenvalue weighted by Crippen LogP contribution is 2.23. The third kappa shape index (κ3) is 2.88. The normalized spacial score (nSPS) is 30.1. The van der Waals surface area contributed by atoms with Gasteiger partial charge >= 0.3 is 0 Å². The molecule has 1 aliphatic heterocycles. The molecule has 1 heterocycles. The van der Waals surface area contributed by atoms with E-state index in [1.165, 1.54) is 0 Å². The predicted molar refractivity (Wildman–Crippen MR) is 56.7 cm³/mol. The first-order chi connectivity index (χ1) is 6.15. The molecule has 76 valence electrons. The van der Waals surface area contributed by atoms with Gasteiger partial charge in [0.2, 0.25) is 5.91 Å². The first-order valence-electron chi connectivity index (χ1n) is 4.78. The molecule has 0 aromatic rings. The Labute approximate surface area is 83.8 Å². The Balaban J connectivity index is 2.35. The van der Waals surface area contributed by atoms with Crippen molar-refractivity contribution < 1.29 is 4.79 Å². The summed E-state index contributed by atoms with van der Waals surface area (Å²) in [6, 6.07) is -0.00657. The van der Waals surface area contributed by atoms with Crippen molar-refractivity contribution in [1.29, 1.82) is 0 Å². The van der Waals surface area contributed by atoms with Crippen molar-refractivity contribution in [3.05, 3.63) is 0 Å². The summed E-state index contributed by atoms with van der Waals surface area (Å²) in [6.45, 7) is 4.10. The Morgan fingerprint density at radius 2 is 2.38 bits per heavy atom. The molecule has 4 heteroatoms. The second kappa shape index (κ2) is 4.86. The summed E-state index contributed by atoms with van der Waals surface area (Å²) >= 11 is 1.90. The van der Waals surface area contributed by atoms with Crippen molar-refractivity contribution in [1.82, 2.24) is 5.32 Å². The lowest BCUT2D eigenvalue weighted by atomic mass is 10.1. The zero-order valence-electron chi connectivity index (χ0n) is 8.25. The van der Waals surface area contributed by atoms with Crippen LogP contribution in [0.25, 0.3) is 0 Å². The molecule has 0 bridgehead atoms. The Morgan fingerprint density at radius 1 is 1.69 bits per heavy atom. The Kier molecular flexibility index (Phi) is 4.06. The van der Waals surface area contributed by atoms with Crippen LogP contribution < -0.4 is 11.1 Å². The van der Waals surface area contributed by atoms with Crippen molar-refractivity contribution >= 4 is 17.7 Å². The van der Waals surface area contributed by atoms with E-state index in [0.717, 1.165) is 11.5 Å². The van der Waals surface area contributed by atoms with Gasteiger partial charge in [-0.1, -0.05) is 13.8 Å². The van der Waals surface area contributed by atoms with Gasteiger partial charge < -0.3 is 11.1 Å². The summed E-state index contributed by atoms with van der Waals surface area (Å²) in [7, 11) is 0. The zero-order valence-corrected chi connectivity index (χ0v) is 9.06. The van der Waals surface area contributed by atoms with Crippen LogP contribution in [-0.2, 0) is 4.79 Å². The number of amides is 1. The summed E-state index contributed by atoms with van der Waals surface area (Å²) in [5, 5.41) is 2.99. The highest BCUT2D eigenvalue weighted by molar-refractivity contribution is 7.99. The van der Waals surface area contributed by atoms with Crippen LogP contribution in [-0.4, -0.2) is 29.5 Å². The van der Waals surface area contributed by atoms with Crippen LogP contribution in [0.15, 0.2) is 0 Å². The monoisotopic (exact) mass is 202 g/mol. The lowest BCUT2D eigenvalue weighted by molar-refractivity contribution is -0.123. The molecular weight excluding hydrogens is 184 g/mol. The van der Waals surface area contributed by atoms with E-state index in [0.29, 0.717) is 18.4 Å². The molecular formula is C9H18N2OS. The molecule has 0 saturated carbocycles. The maximum absolute atomic E-state index is 11.4. The predicted octanol–water partition coefficient (Wildman–Crippen LogP) is 0.591. The summed E-state index contributed by atoms with van der Waals surface area (Å²) in [4.78, 5) is 11.4. The average Bonchev–Trinajstić information content (AvgIpc) is 2.50. The van der Waals surface area contributed by atoms with Crippen LogP contribution in [0.4, 0.5) is 0 Å². The fraction of sp³-hybridized carbons (Fsp3) is 0.889. The molecule has 0 radical (unpaired) electrons. The summed E-state index contributed by atoms with van der Waals surface area (Å²) in [5.41, 5.74) is 5.62. The van der Waals surface area contributed by atoms with Gasteiger partial charge in [0, 0.05) is 11.8 Å². The molecule has 13 heavy (non-hydrogen) atoms. The molecule has 1 amide bonds. The van der Waals surface area contributed by atoms with Crippen LogP contribution in [0.2, 0.25) is 0 Å². The number of nitrogens with two attached hydrogens (primary N) is 1.